The number of nitrogens with one attached hydrogen (secondary N) is 1. The first-order valence-corrected chi connectivity index (χ1v) is 8.19. The molecule has 0 radical (unpaired) electrons. The van der Waals surface area contributed by atoms with E-state index >= 15 is 0 Å². The van der Waals surface area contributed by atoms with Crippen LogP contribution >= 0.6 is 0 Å². The summed E-state index contributed by atoms with van der Waals surface area (Å²) in [5.41, 5.74) is 5.53. The lowest BCUT2D eigenvalue weighted by Crippen LogP contribution is -2.30. The zero-order chi connectivity index (χ0) is 15.9. The number of nitrogens with two attached hydrogens (primary N) is 1. The van der Waals surface area contributed by atoms with Crippen LogP contribution in [0.2, 0.25) is 0 Å². The molecule has 0 bridgehead atoms. The van der Waals surface area contributed by atoms with Crippen LogP contribution in [0.4, 0.5) is 4.39 Å². The van der Waals surface area contributed by atoms with Gasteiger partial charge >= 0.3 is 0 Å². The highest BCUT2D eigenvalue weighted by Crippen LogP contribution is 2.10. The highest BCUT2D eigenvalue weighted by Gasteiger charge is 2.13. The summed E-state index contributed by atoms with van der Waals surface area (Å²) >= 11 is 0. The van der Waals surface area contributed by atoms with Gasteiger partial charge in [0.05, 0.1) is 17.9 Å². The third-order valence-corrected chi connectivity index (χ3v) is 4.39. The van der Waals surface area contributed by atoms with E-state index < -0.39 is 21.6 Å². The number of hydrogen-bond acceptors (Lipinski definition) is 4. The topological polar surface area (TPSA) is 89.3 Å². The van der Waals surface area contributed by atoms with E-state index in [4.69, 9.17) is 5.73 Å². The molecule has 1 rings (SSSR count). The second kappa shape index (κ2) is 7.76. The Morgan fingerprint density at radius 1 is 1.43 bits per heavy atom. The molecule has 0 fully saturated rings. The average molecular weight is 312 g/mol. The molecule has 7 heteroatoms. The van der Waals surface area contributed by atoms with Gasteiger partial charge in [-0.25, -0.2) is 12.8 Å². The van der Waals surface area contributed by atoms with Gasteiger partial charge in [-0.3, -0.25) is 4.79 Å². The van der Waals surface area contributed by atoms with Crippen molar-refractivity contribution < 1.29 is 17.6 Å². The second-order valence-electron chi connectivity index (χ2n) is 4.19. The average Bonchev–Trinajstić information content (AvgIpc) is 2.46. The minimum absolute atomic E-state index is 0.00138. The molecule has 0 atom stereocenters. The lowest BCUT2D eigenvalue weighted by Gasteiger charge is -2.06. The van der Waals surface area contributed by atoms with Crippen molar-refractivity contribution in [3.63, 3.8) is 0 Å². The van der Waals surface area contributed by atoms with Gasteiger partial charge in [-0.05, 0) is 18.2 Å². The molecule has 5 nitrogen and oxygen atoms in total. The number of rotatable bonds is 5. The number of benzene rings is 1. The van der Waals surface area contributed by atoms with Crippen LogP contribution in [0.5, 0.6) is 0 Å². The fourth-order valence-corrected chi connectivity index (χ4v) is 2.19. The van der Waals surface area contributed by atoms with Gasteiger partial charge in [-0.1, -0.05) is 18.8 Å². The van der Waals surface area contributed by atoms with Gasteiger partial charge in [-0.2, -0.15) is 0 Å². The Kier molecular flexibility index (Phi) is 6.34. The summed E-state index contributed by atoms with van der Waals surface area (Å²) in [5, 5.41) is 2.38. The van der Waals surface area contributed by atoms with Crippen LogP contribution in [-0.2, 0) is 9.84 Å². The van der Waals surface area contributed by atoms with Crippen LogP contribution in [-0.4, -0.2) is 38.9 Å². The van der Waals surface area contributed by atoms with E-state index in [9.17, 15) is 17.6 Å². The van der Waals surface area contributed by atoms with E-state index in [-0.39, 0.29) is 30.2 Å². The van der Waals surface area contributed by atoms with Crippen LogP contribution in [0.25, 0.3) is 0 Å². The minimum Gasteiger partial charge on any atom is -0.351 e. The number of carbonyl (C=O) groups excluding carboxylic acids is 1. The van der Waals surface area contributed by atoms with E-state index in [1.807, 2.05) is 0 Å². The summed E-state index contributed by atoms with van der Waals surface area (Å²) in [6, 6.07) is 3.89. The maximum absolute atomic E-state index is 13.6. The Bertz CT molecular complexity index is 675. The highest BCUT2D eigenvalue weighted by molar-refractivity contribution is 7.91. The predicted molar refractivity (Wildman–Crippen MR) is 79.0 cm³/mol. The van der Waals surface area contributed by atoms with E-state index in [0.29, 0.717) is 5.56 Å². The Labute approximate surface area is 123 Å². The second-order valence-corrected chi connectivity index (χ2v) is 6.67. The zero-order valence-electron chi connectivity index (χ0n) is 11.6. The van der Waals surface area contributed by atoms with Gasteiger partial charge in [0.2, 0.25) is 0 Å². The van der Waals surface area contributed by atoms with Crippen molar-refractivity contribution in [3.05, 3.63) is 35.1 Å². The summed E-state index contributed by atoms with van der Waals surface area (Å²) in [5.74, 6) is 3.77. The van der Waals surface area contributed by atoms with Gasteiger partial charge in [-0.15, -0.1) is 0 Å². The van der Waals surface area contributed by atoms with Gasteiger partial charge in [0.25, 0.3) is 5.91 Å². The zero-order valence-corrected chi connectivity index (χ0v) is 12.5. The lowest BCUT2D eigenvalue weighted by atomic mass is 10.1. The molecule has 3 N–H and O–H groups in total. The fraction of sp³-hybridized carbons (Fsp3) is 0.357. The number of hydrogen-bond donors (Lipinski definition) is 2. The normalized spacial score (nSPS) is 10.6. The largest absolute Gasteiger partial charge is 0.351 e. The smallest absolute Gasteiger partial charge is 0.254 e. The van der Waals surface area contributed by atoms with Gasteiger partial charge in [0, 0.05) is 17.9 Å². The molecule has 0 aliphatic carbocycles. The first kappa shape index (κ1) is 17.1. The molecule has 0 unspecified atom stereocenters. The van der Waals surface area contributed by atoms with E-state index in [1.54, 1.807) is 0 Å². The van der Waals surface area contributed by atoms with Crippen molar-refractivity contribution in [2.45, 2.75) is 6.92 Å². The molecular formula is C14H17FN2O3S. The van der Waals surface area contributed by atoms with E-state index in [1.165, 1.54) is 19.1 Å². The molecule has 1 amide bonds. The summed E-state index contributed by atoms with van der Waals surface area (Å²) < 4.78 is 36.2. The fourth-order valence-electron chi connectivity index (χ4n) is 1.49. The van der Waals surface area contributed by atoms with Crippen molar-refractivity contribution >= 4 is 15.7 Å². The van der Waals surface area contributed by atoms with Crippen LogP contribution in [0.15, 0.2) is 18.2 Å². The maximum Gasteiger partial charge on any atom is 0.254 e. The molecule has 0 heterocycles. The third kappa shape index (κ3) is 5.53. The van der Waals surface area contributed by atoms with Crippen LogP contribution in [0.1, 0.15) is 22.8 Å². The van der Waals surface area contributed by atoms with Crippen LogP contribution < -0.4 is 11.1 Å². The van der Waals surface area contributed by atoms with Gasteiger partial charge in [0.1, 0.15) is 5.82 Å². The van der Waals surface area contributed by atoms with Gasteiger partial charge < -0.3 is 11.1 Å². The first-order valence-electron chi connectivity index (χ1n) is 6.36. The van der Waals surface area contributed by atoms with E-state index in [2.05, 4.69) is 17.2 Å². The SMILES string of the molecule is CCS(=O)(=O)CCNC(=O)c1cc(C#CCN)ccc1F. The molecule has 0 aliphatic heterocycles. The van der Waals surface area contributed by atoms with E-state index in [0.717, 1.165) is 6.07 Å². The molecule has 1 aromatic rings. The van der Waals surface area contributed by atoms with Crippen molar-refractivity contribution in [1.82, 2.24) is 5.32 Å². The Morgan fingerprint density at radius 2 is 2.14 bits per heavy atom. The molecule has 114 valence electrons. The summed E-state index contributed by atoms with van der Waals surface area (Å²) in [6.07, 6.45) is 0. The standard InChI is InChI=1S/C14H17FN2O3S/c1-2-21(19,20)9-8-17-14(18)12-10-11(4-3-7-16)5-6-13(12)15/h5-6,10H,2,7-9,16H2,1H3,(H,17,18). The quantitative estimate of drug-likeness (QED) is 0.765. The maximum atomic E-state index is 13.6. The molecule has 0 aliphatic rings. The molecule has 0 saturated heterocycles. The van der Waals surface area contributed by atoms with Crippen LogP contribution in [0.3, 0.4) is 0 Å². The first-order chi connectivity index (χ1) is 9.89. The Morgan fingerprint density at radius 3 is 2.76 bits per heavy atom. The van der Waals surface area contributed by atoms with Crippen molar-refractivity contribution in [1.29, 1.82) is 0 Å². The minimum atomic E-state index is -3.17. The predicted octanol–water partition coefficient (Wildman–Crippen LogP) is 0.300. The summed E-state index contributed by atoms with van der Waals surface area (Å²) in [7, 11) is -3.17. The number of sulfone groups is 1. The van der Waals surface area contributed by atoms with Crippen molar-refractivity contribution in [3.8, 4) is 11.8 Å². The van der Waals surface area contributed by atoms with Gasteiger partial charge in [0.15, 0.2) is 9.84 Å². The molecular weight excluding hydrogens is 295 g/mol. The lowest BCUT2D eigenvalue weighted by molar-refractivity contribution is 0.0952. The molecule has 0 spiro atoms. The summed E-state index contributed by atoms with van der Waals surface area (Å²) in [4.78, 5) is 11.8. The number of carbonyl (C=O) groups is 1. The van der Waals surface area contributed by atoms with Crippen LogP contribution in [0, 0.1) is 17.7 Å². The van der Waals surface area contributed by atoms with Crippen molar-refractivity contribution in [2.75, 3.05) is 24.6 Å². The number of halogens is 1. The monoisotopic (exact) mass is 312 g/mol. The Hall–Kier alpha value is -1.91. The molecule has 0 aromatic heterocycles. The molecule has 1 aromatic carbocycles. The van der Waals surface area contributed by atoms with Crippen molar-refractivity contribution in [2.24, 2.45) is 5.73 Å². The third-order valence-electron chi connectivity index (χ3n) is 2.68. The summed E-state index contributed by atoms with van der Waals surface area (Å²) in [6.45, 7) is 1.62. The highest BCUT2D eigenvalue weighted by atomic mass is 32.2. The molecule has 0 saturated carbocycles. The number of amides is 1. The molecule has 21 heavy (non-hydrogen) atoms. The Balaban J connectivity index is 2.78.